The Labute approximate surface area is 164 Å². The van der Waals surface area contributed by atoms with Crippen molar-refractivity contribution in [3.63, 3.8) is 0 Å². The summed E-state index contributed by atoms with van der Waals surface area (Å²) in [4.78, 5) is 16.8. The first-order chi connectivity index (χ1) is 12.4. The molecule has 1 heterocycles. The Morgan fingerprint density at radius 1 is 1.00 bits per heavy atom. The predicted molar refractivity (Wildman–Crippen MR) is 110 cm³/mol. The molecule has 26 heavy (non-hydrogen) atoms. The van der Waals surface area contributed by atoms with E-state index in [2.05, 4.69) is 15.1 Å². The molecule has 138 valence electrons. The third-order valence-corrected chi connectivity index (χ3v) is 5.41. The SMILES string of the molecule is Cc1ccc(C)c(NC(=O)CN2CCN(c3ccc(Cl)c(Cl)c3)CC2)c1. The molecule has 0 saturated carbocycles. The number of nitrogens with zero attached hydrogens (tertiary/aromatic N) is 2. The van der Waals surface area contributed by atoms with Crippen molar-refractivity contribution in [3.8, 4) is 0 Å². The van der Waals surface area contributed by atoms with Crippen molar-refractivity contribution in [2.45, 2.75) is 13.8 Å². The van der Waals surface area contributed by atoms with Crippen molar-refractivity contribution in [3.05, 3.63) is 57.6 Å². The van der Waals surface area contributed by atoms with Gasteiger partial charge in [-0.3, -0.25) is 9.69 Å². The monoisotopic (exact) mass is 391 g/mol. The molecule has 2 aromatic carbocycles. The van der Waals surface area contributed by atoms with Gasteiger partial charge in [0.2, 0.25) is 5.91 Å². The first-order valence-electron chi connectivity index (χ1n) is 8.72. The largest absolute Gasteiger partial charge is 0.369 e. The second-order valence-electron chi connectivity index (χ2n) is 6.73. The van der Waals surface area contributed by atoms with Gasteiger partial charge >= 0.3 is 0 Å². The fourth-order valence-corrected chi connectivity index (χ4v) is 3.40. The van der Waals surface area contributed by atoms with Gasteiger partial charge in [-0.25, -0.2) is 0 Å². The number of benzene rings is 2. The van der Waals surface area contributed by atoms with E-state index in [4.69, 9.17) is 23.2 Å². The van der Waals surface area contributed by atoms with Crippen LogP contribution in [0.15, 0.2) is 36.4 Å². The van der Waals surface area contributed by atoms with Crippen LogP contribution < -0.4 is 10.2 Å². The number of nitrogens with one attached hydrogen (secondary N) is 1. The maximum Gasteiger partial charge on any atom is 0.238 e. The molecule has 1 amide bonds. The van der Waals surface area contributed by atoms with Crippen LogP contribution in [0.3, 0.4) is 0 Å². The highest BCUT2D eigenvalue weighted by molar-refractivity contribution is 6.42. The molecule has 0 atom stereocenters. The Balaban J connectivity index is 1.52. The van der Waals surface area contributed by atoms with Crippen LogP contribution in [0.1, 0.15) is 11.1 Å². The molecular weight excluding hydrogens is 369 g/mol. The summed E-state index contributed by atoms with van der Waals surface area (Å²) in [6.07, 6.45) is 0. The average Bonchev–Trinajstić information content (AvgIpc) is 2.61. The summed E-state index contributed by atoms with van der Waals surface area (Å²) in [6, 6.07) is 11.8. The van der Waals surface area contributed by atoms with E-state index >= 15 is 0 Å². The number of hydrogen-bond donors (Lipinski definition) is 1. The summed E-state index contributed by atoms with van der Waals surface area (Å²) in [7, 11) is 0. The Morgan fingerprint density at radius 2 is 1.73 bits per heavy atom. The van der Waals surface area contributed by atoms with Gasteiger partial charge < -0.3 is 10.2 Å². The molecule has 6 heteroatoms. The zero-order chi connectivity index (χ0) is 18.7. The molecule has 0 spiro atoms. The van der Waals surface area contributed by atoms with Gasteiger partial charge in [0, 0.05) is 37.6 Å². The number of aryl methyl sites for hydroxylation is 2. The lowest BCUT2D eigenvalue weighted by Gasteiger charge is -2.35. The van der Waals surface area contributed by atoms with Gasteiger partial charge in [0.25, 0.3) is 0 Å². The minimum Gasteiger partial charge on any atom is -0.369 e. The number of piperazine rings is 1. The fraction of sp³-hybridized carbons (Fsp3) is 0.350. The van der Waals surface area contributed by atoms with E-state index in [1.54, 1.807) is 0 Å². The second-order valence-corrected chi connectivity index (χ2v) is 7.54. The van der Waals surface area contributed by atoms with Crippen LogP contribution in [0, 0.1) is 13.8 Å². The highest BCUT2D eigenvalue weighted by atomic mass is 35.5. The maximum absolute atomic E-state index is 12.4. The van der Waals surface area contributed by atoms with Crippen molar-refractivity contribution in [1.29, 1.82) is 0 Å². The molecule has 1 fully saturated rings. The van der Waals surface area contributed by atoms with E-state index in [0.29, 0.717) is 16.6 Å². The number of rotatable bonds is 4. The molecule has 1 aliphatic rings. The second kappa shape index (κ2) is 8.30. The van der Waals surface area contributed by atoms with E-state index in [1.807, 2.05) is 50.2 Å². The van der Waals surface area contributed by atoms with E-state index in [1.165, 1.54) is 0 Å². The Hall–Kier alpha value is -1.75. The van der Waals surface area contributed by atoms with Crippen molar-refractivity contribution >= 4 is 40.5 Å². The number of halogens is 2. The topological polar surface area (TPSA) is 35.6 Å². The van der Waals surface area contributed by atoms with Gasteiger partial charge in [0.05, 0.1) is 16.6 Å². The Morgan fingerprint density at radius 3 is 2.42 bits per heavy atom. The molecule has 0 aliphatic carbocycles. The van der Waals surface area contributed by atoms with Gasteiger partial charge in [-0.1, -0.05) is 35.3 Å². The van der Waals surface area contributed by atoms with Crippen LogP contribution in [-0.4, -0.2) is 43.5 Å². The maximum atomic E-state index is 12.4. The molecule has 2 aromatic rings. The van der Waals surface area contributed by atoms with E-state index in [9.17, 15) is 4.79 Å². The number of amides is 1. The molecule has 0 radical (unpaired) electrons. The Kier molecular flexibility index (Phi) is 6.07. The molecular formula is C20H23Cl2N3O. The van der Waals surface area contributed by atoms with Crippen LogP contribution in [0.25, 0.3) is 0 Å². The van der Waals surface area contributed by atoms with Gasteiger partial charge in [0.15, 0.2) is 0 Å². The summed E-state index contributed by atoms with van der Waals surface area (Å²) >= 11 is 12.1. The van der Waals surface area contributed by atoms with E-state index in [-0.39, 0.29) is 5.91 Å². The highest BCUT2D eigenvalue weighted by Crippen LogP contribution is 2.27. The summed E-state index contributed by atoms with van der Waals surface area (Å²) in [5.74, 6) is 0.0293. The highest BCUT2D eigenvalue weighted by Gasteiger charge is 2.20. The average molecular weight is 392 g/mol. The van der Waals surface area contributed by atoms with Crippen LogP contribution in [0.4, 0.5) is 11.4 Å². The van der Waals surface area contributed by atoms with Crippen molar-refractivity contribution in [2.24, 2.45) is 0 Å². The lowest BCUT2D eigenvalue weighted by Crippen LogP contribution is -2.48. The van der Waals surface area contributed by atoms with Gasteiger partial charge in [-0.05, 0) is 49.2 Å². The number of anilines is 2. The third-order valence-electron chi connectivity index (χ3n) is 4.67. The predicted octanol–water partition coefficient (Wildman–Crippen LogP) is 4.37. The summed E-state index contributed by atoms with van der Waals surface area (Å²) in [6.45, 7) is 7.81. The standard InChI is InChI=1S/C20H23Cl2N3O/c1-14-3-4-15(2)19(11-14)23-20(26)13-24-7-9-25(10-8-24)16-5-6-17(21)18(22)12-16/h3-6,11-12H,7-10,13H2,1-2H3,(H,23,26). The molecule has 1 saturated heterocycles. The summed E-state index contributed by atoms with van der Waals surface area (Å²) < 4.78 is 0. The first-order valence-corrected chi connectivity index (χ1v) is 9.47. The molecule has 1 aliphatic heterocycles. The molecule has 0 unspecified atom stereocenters. The van der Waals surface area contributed by atoms with E-state index in [0.717, 1.165) is 48.7 Å². The number of carbonyl (C=O) groups excluding carboxylic acids is 1. The van der Waals surface area contributed by atoms with Crippen molar-refractivity contribution in [2.75, 3.05) is 42.9 Å². The lowest BCUT2D eigenvalue weighted by atomic mass is 10.1. The van der Waals surface area contributed by atoms with Crippen LogP contribution >= 0.6 is 23.2 Å². The van der Waals surface area contributed by atoms with Crippen molar-refractivity contribution in [1.82, 2.24) is 4.90 Å². The number of hydrogen-bond acceptors (Lipinski definition) is 3. The van der Waals surface area contributed by atoms with Crippen LogP contribution in [-0.2, 0) is 4.79 Å². The first kappa shape index (κ1) is 19.0. The van der Waals surface area contributed by atoms with Crippen molar-refractivity contribution < 1.29 is 4.79 Å². The van der Waals surface area contributed by atoms with Gasteiger partial charge in [-0.2, -0.15) is 0 Å². The van der Waals surface area contributed by atoms with Gasteiger partial charge in [0.1, 0.15) is 0 Å². The zero-order valence-corrected chi connectivity index (χ0v) is 16.6. The zero-order valence-electron chi connectivity index (χ0n) is 15.1. The third kappa shape index (κ3) is 4.70. The smallest absolute Gasteiger partial charge is 0.238 e. The van der Waals surface area contributed by atoms with E-state index < -0.39 is 0 Å². The summed E-state index contributed by atoms with van der Waals surface area (Å²) in [5, 5.41) is 4.16. The molecule has 1 N–H and O–H groups in total. The number of carbonyl (C=O) groups is 1. The lowest BCUT2D eigenvalue weighted by molar-refractivity contribution is -0.117. The minimum atomic E-state index is 0.0293. The fourth-order valence-electron chi connectivity index (χ4n) is 3.11. The van der Waals surface area contributed by atoms with Crippen LogP contribution in [0.5, 0.6) is 0 Å². The molecule has 0 bridgehead atoms. The quantitative estimate of drug-likeness (QED) is 0.839. The normalized spacial score (nSPS) is 15.2. The molecule has 0 aromatic heterocycles. The van der Waals surface area contributed by atoms with Gasteiger partial charge in [-0.15, -0.1) is 0 Å². The molecule has 4 nitrogen and oxygen atoms in total. The Bertz CT molecular complexity index is 802. The van der Waals surface area contributed by atoms with Crippen LogP contribution in [0.2, 0.25) is 10.0 Å². The minimum absolute atomic E-state index is 0.0293. The molecule has 3 rings (SSSR count). The summed E-state index contributed by atoms with van der Waals surface area (Å²) in [5.41, 5.74) is 4.18.